The molecule has 0 radical (unpaired) electrons. The van der Waals surface area contributed by atoms with Gasteiger partial charge in [0.1, 0.15) is 16.5 Å². The molecule has 0 saturated carbocycles. The molecule has 2 atom stereocenters. The molecule has 1 fully saturated rings. The van der Waals surface area contributed by atoms with E-state index in [2.05, 4.69) is 15.2 Å². The Kier molecular flexibility index (Phi) is 6.00. The number of rotatable bonds is 5. The molecular weight excluding hydrogens is 388 g/mol. The molecule has 0 unspecified atom stereocenters. The summed E-state index contributed by atoms with van der Waals surface area (Å²) in [6.45, 7) is 2.06. The highest BCUT2D eigenvalue weighted by Gasteiger charge is 2.28. The van der Waals surface area contributed by atoms with Crippen LogP contribution in [0.3, 0.4) is 0 Å². The summed E-state index contributed by atoms with van der Waals surface area (Å²) in [6.07, 6.45) is 4.69. The third-order valence-corrected chi connectivity index (χ3v) is 6.77. The Morgan fingerprint density at radius 3 is 2.90 bits per heavy atom. The zero-order valence-corrected chi connectivity index (χ0v) is 18.0. The predicted molar refractivity (Wildman–Crippen MR) is 115 cm³/mol. The standard InChI is InChI=1S/C20H30N6O2S/c1-25(2)11-17(28)22-12-7-13(27)9-26(8-12)10-16-23-19(21)18-14-5-3-4-6-15(14)29-20(18)24-16/h12-13,27H,3-11H2,1-2H3,(H,22,28)(H2,21,23,24)/t12-,13+/m0/s1. The number of thiophene rings is 1. The van der Waals surface area contributed by atoms with Crippen molar-refractivity contribution in [2.24, 2.45) is 0 Å². The lowest BCUT2D eigenvalue weighted by atomic mass is 9.97. The van der Waals surface area contributed by atoms with E-state index in [-0.39, 0.29) is 11.9 Å². The molecule has 2 aromatic rings. The van der Waals surface area contributed by atoms with Crippen molar-refractivity contribution in [2.75, 3.05) is 39.5 Å². The number of likely N-dealkylation sites (N-methyl/N-ethyl adjacent to an activating group) is 1. The van der Waals surface area contributed by atoms with Gasteiger partial charge in [0, 0.05) is 24.0 Å². The van der Waals surface area contributed by atoms with Crippen LogP contribution in [0.5, 0.6) is 0 Å². The van der Waals surface area contributed by atoms with Gasteiger partial charge in [0.05, 0.1) is 24.6 Å². The van der Waals surface area contributed by atoms with Crippen LogP contribution in [0.1, 0.15) is 35.5 Å². The summed E-state index contributed by atoms with van der Waals surface area (Å²) in [5, 5.41) is 14.4. The number of nitrogens with two attached hydrogens (primary N) is 1. The van der Waals surface area contributed by atoms with Crippen LogP contribution in [0.25, 0.3) is 10.2 Å². The molecule has 0 bridgehead atoms. The molecule has 1 saturated heterocycles. The van der Waals surface area contributed by atoms with Gasteiger partial charge < -0.3 is 21.1 Å². The van der Waals surface area contributed by atoms with Crippen LogP contribution in [0.4, 0.5) is 5.82 Å². The van der Waals surface area contributed by atoms with Crippen LogP contribution in [-0.2, 0) is 24.2 Å². The number of likely N-dealkylation sites (tertiary alicyclic amines) is 1. The van der Waals surface area contributed by atoms with Crippen molar-refractivity contribution in [3.63, 3.8) is 0 Å². The lowest BCUT2D eigenvalue weighted by Crippen LogP contribution is -2.53. The van der Waals surface area contributed by atoms with E-state index in [4.69, 9.17) is 10.7 Å². The fourth-order valence-electron chi connectivity index (χ4n) is 4.46. The Hall–Kier alpha value is -1.81. The number of fused-ring (bicyclic) bond motifs is 3. The van der Waals surface area contributed by atoms with E-state index < -0.39 is 6.10 Å². The van der Waals surface area contributed by atoms with E-state index in [0.717, 1.165) is 23.1 Å². The number of aliphatic hydroxyl groups excluding tert-OH is 1. The van der Waals surface area contributed by atoms with Crippen molar-refractivity contribution in [1.29, 1.82) is 0 Å². The van der Waals surface area contributed by atoms with E-state index in [9.17, 15) is 9.90 Å². The molecule has 158 valence electrons. The number of nitrogen functional groups attached to an aromatic ring is 1. The number of hydrogen-bond acceptors (Lipinski definition) is 8. The molecule has 0 spiro atoms. The number of aryl methyl sites for hydroxylation is 2. The van der Waals surface area contributed by atoms with E-state index in [1.54, 1.807) is 11.3 Å². The maximum atomic E-state index is 12.1. The monoisotopic (exact) mass is 418 g/mol. The Labute approximate surface area is 175 Å². The van der Waals surface area contributed by atoms with Crippen LogP contribution >= 0.6 is 11.3 Å². The first-order chi connectivity index (χ1) is 13.9. The third kappa shape index (κ3) is 4.69. The molecule has 4 rings (SSSR count). The number of amides is 1. The molecule has 8 nitrogen and oxygen atoms in total. The molecule has 2 aliphatic rings. The van der Waals surface area contributed by atoms with Crippen LogP contribution in [-0.4, -0.2) is 76.7 Å². The number of nitrogens with one attached hydrogen (secondary N) is 1. The van der Waals surface area contributed by atoms with E-state index in [1.807, 2.05) is 19.0 Å². The van der Waals surface area contributed by atoms with Gasteiger partial charge in [-0.05, 0) is 51.8 Å². The van der Waals surface area contributed by atoms with Crippen molar-refractivity contribution < 1.29 is 9.90 Å². The van der Waals surface area contributed by atoms with Crippen molar-refractivity contribution in [2.45, 2.75) is 50.8 Å². The highest BCUT2D eigenvalue weighted by Crippen LogP contribution is 2.37. The number of β-amino-alcohol motifs (C(OH)–C–C–N with tert-alkyl or cyclic N) is 1. The summed E-state index contributed by atoms with van der Waals surface area (Å²) in [6, 6.07) is -0.0821. The minimum absolute atomic E-state index is 0.0277. The number of carbonyl (C=O) groups excluding carboxylic acids is 1. The SMILES string of the molecule is CN(C)CC(=O)N[C@H]1C[C@@H](O)CN(Cc2nc(N)c3c4c(sc3n2)CCCC4)C1. The van der Waals surface area contributed by atoms with Gasteiger partial charge in [-0.25, -0.2) is 9.97 Å². The first kappa shape index (κ1) is 20.5. The molecule has 3 heterocycles. The van der Waals surface area contributed by atoms with E-state index in [0.29, 0.717) is 44.2 Å². The average molecular weight is 419 g/mol. The third-order valence-electron chi connectivity index (χ3n) is 5.58. The first-order valence-electron chi connectivity index (χ1n) is 10.3. The zero-order chi connectivity index (χ0) is 20.5. The zero-order valence-electron chi connectivity index (χ0n) is 17.1. The molecule has 29 heavy (non-hydrogen) atoms. The maximum absolute atomic E-state index is 12.1. The number of carbonyl (C=O) groups is 1. The highest BCUT2D eigenvalue weighted by atomic mass is 32.1. The summed E-state index contributed by atoms with van der Waals surface area (Å²) in [5.41, 5.74) is 7.67. The number of piperidine rings is 1. The predicted octanol–water partition coefficient (Wildman–Crippen LogP) is 0.765. The van der Waals surface area contributed by atoms with Gasteiger partial charge in [-0.2, -0.15) is 0 Å². The molecule has 1 aliphatic carbocycles. The molecule has 1 aliphatic heterocycles. The van der Waals surface area contributed by atoms with Crippen LogP contribution in [0.2, 0.25) is 0 Å². The van der Waals surface area contributed by atoms with Crippen LogP contribution in [0, 0.1) is 0 Å². The fraction of sp³-hybridized carbons (Fsp3) is 0.650. The van der Waals surface area contributed by atoms with Crippen molar-refractivity contribution in [1.82, 2.24) is 25.1 Å². The lowest BCUT2D eigenvalue weighted by Gasteiger charge is -2.35. The molecule has 0 aromatic carbocycles. The first-order valence-corrected chi connectivity index (χ1v) is 11.1. The van der Waals surface area contributed by atoms with Gasteiger partial charge in [-0.1, -0.05) is 0 Å². The fourth-order valence-corrected chi connectivity index (χ4v) is 5.75. The second-order valence-corrected chi connectivity index (χ2v) is 9.59. The quantitative estimate of drug-likeness (QED) is 0.658. The lowest BCUT2D eigenvalue weighted by molar-refractivity contribution is -0.123. The van der Waals surface area contributed by atoms with Crippen LogP contribution < -0.4 is 11.1 Å². The number of aromatic nitrogens is 2. The average Bonchev–Trinajstić information content (AvgIpc) is 2.99. The van der Waals surface area contributed by atoms with E-state index >= 15 is 0 Å². The molecule has 1 amide bonds. The summed E-state index contributed by atoms with van der Waals surface area (Å²) >= 11 is 1.74. The number of hydrogen-bond donors (Lipinski definition) is 3. The largest absolute Gasteiger partial charge is 0.392 e. The molecular formula is C20H30N6O2S. The molecule has 4 N–H and O–H groups in total. The second kappa shape index (κ2) is 8.51. The highest BCUT2D eigenvalue weighted by molar-refractivity contribution is 7.19. The second-order valence-electron chi connectivity index (χ2n) is 8.50. The van der Waals surface area contributed by atoms with Crippen molar-refractivity contribution in [3.8, 4) is 0 Å². The van der Waals surface area contributed by atoms with Crippen molar-refractivity contribution in [3.05, 3.63) is 16.3 Å². The molecule has 2 aromatic heterocycles. The Balaban J connectivity index is 1.48. The minimum atomic E-state index is -0.483. The summed E-state index contributed by atoms with van der Waals surface area (Å²) < 4.78 is 0. The maximum Gasteiger partial charge on any atom is 0.234 e. The molecule has 9 heteroatoms. The van der Waals surface area contributed by atoms with Gasteiger partial charge in [0.15, 0.2) is 0 Å². The summed E-state index contributed by atoms with van der Waals surface area (Å²) in [5.74, 6) is 1.22. The van der Waals surface area contributed by atoms with Crippen LogP contribution in [0.15, 0.2) is 0 Å². The van der Waals surface area contributed by atoms with E-state index in [1.165, 1.54) is 23.3 Å². The topological polar surface area (TPSA) is 108 Å². The number of aliphatic hydroxyl groups is 1. The van der Waals surface area contributed by atoms with Gasteiger partial charge in [0.25, 0.3) is 0 Å². The summed E-state index contributed by atoms with van der Waals surface area (Å²) in [4.78, 5) is 27.8. The summed E-state index contributed by atoms with van der Waals surface area (Å²) in [7, 11) is 3.73. The van der Waals surface area contributed by atoms with Gasteiger partial charge >= 0.3 is 0 Å². The van der Waals surface area contributed by atoms with Gasteiger partial charge in [-0.15, -0.1) is 11.3 Å². The van der Waals surface area contributed by atoms with Crippen molar-refractivity contribution >= 4 is 33.3 Å². The smallest absolute Gasteiger partial charge is 0.234 e. The Morgan fingerprint density at radius 2 is 2.10 bits per heavy atom. The number of anilines is 1. The number of nitrogens with zero attached hydrogens (tertiary/aromatic N) is 4. The van der Waals surface area contributed by atoms with Gasteiger partial charge in [0.2, 0.25) is 5.91 Å². The van der Waals surface area contributed by atoms with Gasteiger partial charge in [-0.3, -0.25) is 9.69 Å². The Bertz CT molecular complexity index is 899. The Morgan fingerprint density at radius 1 is 1.31 bits per heavy atom. The normalized spacial score (nSPS) is 22.8. The minimum Gasteiger partial charge on any atom is -0.392 e.